The van der Waals surface area contributed by atoms with Crippen LogP contribution >= 0.6 is 0 Å². The number of carbonyl (C=O) groups is 3. The highest BCUT2D eigenvalue weighted by molar-refractivity contribution is 5.98. The maximum Gasteiger partial charge on any atom is 0.243 e. The Kier molecular flexibility index (Phi) is 6.76. The van der Waals surface area contributed by atoms with Gasteiger partial charge in [-0.05, 0) is 38.0 Å². The van der Waals surface area contributed by atoms with Gasteiger partial charge in [0.05, 0.1) is 19.3 Å². The molecule has 0 aromatic carbocycles. The van der Waals surface area contributed by atoms with Crippen molar-refractivity contribution in [2.45, 2.75) is 63.8 Å². The molecule has 2 amide bonds. The fourth-order valence-electron chi connectivity index (χ4n) is 2.93. The Morgan fingerprint density at radius 1 is 1.23 bits per heavy atom. The van der Waals surface area contributed by atoms with Gasteiger partial charge in [-0.3, -0.25) is 14.4 Å². The standard InChI is InChI=1S/C18H31N3O5/c1-10(2)7-13(15(22)18(3)9-26-18)20-17(24)14(11-5-6-11)21-16(23)12(19)8-25-4/h10-14H,5-9,19H2,1-4H3,(H,20,24)(H,21,23)/t12?,13-,14-,18+/m0/s1. The number of hydrogen-bond acceptors (Lipinski definition) is 6. The van der Waals surface area contributed by atoms with Gasteiger partial charge in [0, 0.05) is 7.11 Å². The molecular weight excluding hydrogens is 338 g/mol. The lowest BCUT2D eigenvalue weighted by Gasteiger charge is -2.25. The zero-order valence-electron chi connectivity index (χ0n) is 16.0. The van der Waals surface area contributed by atoms with E-state index < -0.39 is 29.6 Å². The minimum Gasteiger partial charge on any atom is -0.383 e. The number of epoxide rings is 1. The maximum atomic E-state index is 12.8. The molecule has 0 radical (unpaired) electrons. The molecule has 0 spiro atoms. The molecule has 1 aliphatic carbocycles. The first-order valence-corrected chi connectivity index (χ1v) is 9.21. The lowest BCUT2D eigenvalue weighted by molar-refractivity contribution is -0.134. The number of ether oxygens (including phenoxy) is 2. The van der Waals surface area contributed by atoms with Crippen molar-refractivity contribution in [1.82, 2.24) is 10.6 Å². The zero-order valence-corrected chi connectivity index (χ0v) is 16.0. The molecule has 1 saturated carbocycles. The van der Waals surface area contributed by atoms with E-state index in [4.69, 9.17) is 15.2 Å². The third-order valence-corrected chi connectivity index (χ3v) is 4.80. The molecule has 148 valence electrons. The lowest BCUT2D eigenvalue weighted by Crippen LogP contribution is -2.57. The van der Waals surface area contributed by atoms with Crippen LogP contribution in [-0.4, -0.2) is 61.6 Å². The molecule has 4 atom stereocenters. The highest BCUT2D eigenvalue weighted by Gasteiger charge is 2.50. The molecule has 2 fully saturated rings. The second-order valence-corrected chi connectivity index (χ2v) is 7.96. The summed E-state index contributed by atoms with van der Waals surface area (Å²) in [6, 6.07) is -2.14. The van der Waals surface area contributed by atoms with E-state index in [1.165, 1.54) is 7.11 Å². The maximum absolute atomic E-state index is 12.8. The van der Waals surface area contributed by atoms with Crippen LogP contribution in [0.3, 0.4) is 0 Å². The van der Waals surface area contributed by atoms with E-state index in [2.05, 4.69) is 10.6 Å². The minimum atomic E-state index is -0.832. The topological polar surface area (TPSA) is 123 Å². The highest BCUT2D eigenvalue weighted by atomic mass is 16.6. The first-order valence-electron chi connectivity index (χ1n) is 9.21. The molecule has 8 nitrogen and oxygen atoms in total. The molecule has 2 rings (SSSR count). The van der Waals surface area contributed by atoms with Crippen LogP contribution in [0, 0.1) is 11.8 Å². The van der Waals surface area contributed by atoms with Gasteiger partial charge in [0.2, 0.25) is 11.8 Å². The number of Topliss-reactive ketones (excluding diaryl/α,β-unsaturated/α-hetero) is 1. The van der Waals surface area contributed by atoms with E-state index >= 15 is 0 Å². The fraction of sp³-hybridized carbons (Fsp3) is 0.833. The third-order valence-electron chi connectivity index (χ3n) is 4.80. The molecule has 0 bridgehead atoms. The second kappa shape index (κ2) is 8.45. The van der Waals surface area contributed by atoms with Gasteiger partial charge in [-0.25, -0.2) is 0 Å². The number of methoxy groups -OCH3 is 1. The van der Waals surface area contributed by atoms with Crippen LogP contribution in [0.4, 0.5) is 0 Å². The minimum absolute atomic E-state index is 0.0784. The summed E-state index contributed by atoms with van der Waals surface area (Å²) in [4.78, 5) is 37.6. The van der Waals surface area contributed by atoms with Gasteiger partial charge in [-0.2, -0.15) is 0 Å². The normalized spacial score (nSPS) is 25.3. The Balaban J connectivity index is 2.02. The molecule has 1 unspecified atom stereocenters. The molecule has 2 aliphatic rings. The largest absolute Gasteiger partial charge is 0.383 e. The Morgan fingerprint density at radius 3 is 2.31 bits per heavy atom. The molecule has 0 aromatic rings. The molecule has 4 N–H and O–H groups in total. The molecule has 0 aromatic heterocycles. The van der Waals surface area contributed by atoms with Crippen LogP contribution < -0.4 is 16.4 Å². The quantitative estimate of drug-likeness (QED) is 0.431. The smallest absolute Gasteiger partial charge is 0.243 e. The summed E-state index contributed by atoms with van der Waals surface area (Å²) in [5.41, 5.74) is 4.94. The lowest BCUT2D eigenvalue weighted by atomic mass is 9.93. The number of ketones is 1. The van der Waals surface area contributed by atoms with E-state index in [0.717, 1.165) is 12.8 Å². The molecule has 1 saturated heterocycles. The van der Waals surface area contributed by atoms with Crippen LogP contribution in [0.2, 0.25) is 0 Å². The Labute approximate surface area is 154 Å². The number of nitrogens with two attached hydrogens (primary N) is 1. The molecule has 26 heavy (non-hydrogen) atoms. The van der Waals surface area contributed by atoms with Crippen molar-refractivity contribution in [3.63, 3.8) is 0 Å². The van der Waals surface area contributed by atoms with Crippen molar-refractivity contribution in [3.8, 4) is 0 Å². The van der Waals surface area contributed by atoms with Crippen LogP contribution in [0.5, 0.6) is 0 Å². The third kappa shape index (κ3) is 5.49. The highest BCUT2D eigenvalue weighted by Crippen LogP contribution is 2.33. The monoisotopic (exact) mass is 369 g/mol. The summed E-state index contributed by atoms with van der Waals surface area (Å²) in [6.07, 6.45) is 2.25. The van der Waals surface area contributed by atoms with E-state index in [-0.39, 0.29) is 30.1 Å². The number of nitrogens with one attached hydrogen (secondary N) is 2. The Bertz CT molecular complexity index is 543. The molecule has 8 heteroatoms. The number of amides is 2. The van der Waals surface area contributed by atoms with Gasteiger partial charge in [0.15, 0.2) is 5.78 Å². The SMILES string of the molecule is COCC(N)C(=O)N[C@H](C(=O)N[C@@H](CC(C)C)C(=O)[C@@]1(C)CO1)C1CC1. The van der Waals surface area contributed by atoms with Crippen molar-refractivity contribution in [2.24, 2.45) is 17.6 Å². The summed E-state index contributed by atoms with van der Waals surface area (Å²) in [7, 11) is 1.46. The van der Waals surface area contributed by atoms with Gasteiger partial charge in [-0.1, -0.05) is 13.8 Å². The van der Waals surface area contributed by atoms with Crippen LogP contribution in [0.25, 0.3) is 0 Å². The van der Waals surface area contributed by atoms with E-state index in [0.29, 0.717) is 13.0 Å². The second-order valence-electron chi connectivity index (χ2n) is 7.96. The summed E-state index contributed by atoms with van der Waals surface area (Å²) >= 11 is 0. The van der Waals surface area contributed by atoms with Crippen molar-refractivity contribution in [2.75, 3.05) is 20.3 Å². The summed E-state index contributed by atoms with van der Waals surface area (Å²) in [6.45, 7) is 6.18. The van der Waals surface area contributed by atoms with Gasteiger partial charge < -0.3 is 25.8 Å². The van der Waals surface area contributed by atoms with E-state index in [1.807, 2.05) is 13.8 Å². The average Bonchev–Trinajstić information content (AvgIpc) is 3.47. The predicted octanol–water partition coefficient (Wildman–Crippen LogP) is -0.256. The average molecular weight is 369 g/mol. The Morgan fingerprint density at radius 2 is 1.85 bits per heavy atom. The fourth-order valence-corrected chi connectivity index (χ4v) is 2.93. The zero-order chi connectivity index (χ0) is 19.5. The molecule has 1 aliphatic heterocycles. The summed E-state index contributed by atoms with van der Waals surface area (Å²) in [5.74, 6) is -0.569. The Hall–Kier alpha value is -1.51. The van der Waals surface area contributed by atoms with E-state index in [9.17, 15) is 14.4 Å². The first-order chi connectivity index (χ1) is 12.2. The van der Waals surface area contributed by atoms with Crippen molar-refractivity contribution >= 4 is 17.6 Å². The van der Waals surface area contributed by atoms with Crippen molar-refractivity contribution in [3.05, 3.63) is 0 Å². The van der Waals surface area contributed by atoms with Gasteiger partial charge in [0.1, 0.15) is 17.7 Å². The van der Waals surface area contributed by atoms with Crippen molar-refractivity contribution in [1.29, 1.82) is 0 Å². The van der Waals surface area contributed by atoms with Crippen LogP contribution in [-0.2, 0) is 23.9 Å². The number of rotatable bonds is 11. The number of carbonyl (C=O) groups excluding carboxylic acids is 3. The molecular formula is C18H31N3O5. The van der Waals surface area contributed by atoms with Gasteiger partial charge in [-0.15, -0.1) is 0 Å². The van der Waals surface area contributed by atoms with Gasteiger partial charge >= 0.3 is 0 Å². The van der Waals surface area contributed by atoms with Crippen molar-refractivity contribution < 1.29 is 23.9 Å². The van der Waals surface area contributed by atoms with Gasteiger partial charge in [0.25, 0.3) is 0 Å². The van der Waals surface area contributed by atoms with Crippen LogP contribution in [0.15, 0.2) is 0 Å². The molecule has 1 heterocycles. The first kappa shape index (κ1) is 20.8. The van der Waals surface area contributed by atoms with Crippen LogP contribution in [0.1, 0.15) is 40.0 Å². The number of hydrogen-bond donors (Lipinski definition) is 3. The summed E-state index contributed by atoms with van der Waals surface area (Å²) in [5, 5.41) is 5.55. The predicted molar refractivity (Wildman–Crippen MR) is 95.3 cm³/mol. The summed E-state index contributed by atoms with van der Waals surface area (Å²) < 4.78 is 10.1. The van der Waals surface area contributed by atoms with E-state index in [1.54, 1.807) is 6.92 Å².